The maximum absolute atomic E-state index is 13.6. The van der Waals surface area contributed by atoms with Crippen molar-refractivity contribution in [3.63, 3.8) is 0 Å². The molecule has 0 saturated heterocycles. The van der Waals surface area contributed by atoms with Crippen molar-refractivity contribution in [2.75, 3.05) is 5.32 Å². The van der Waals surface area contributed by atoms with Gasteiger partial charge in [-0.1, -0.05) is 6.07 Å². The molecule has 18 heavy (non-hydrogen) atoms. The maximum Gasteiger partial charge on any atom is 0.259 e. The van der Waals surface area contributed by atoms with Crippen LogP contribution < -0.4 is 5.32 Å². The highest BCUT2D eigenvalue weighted by atomic mass is 19.1. The normalized spacial score (nSPS) is 10.4. The van der Waals surface area contributed by atoms with Crippen LogP contribution in [0.5, 0.6) is 0 Å². The van der Waals surface area contributed by atoms with Crippen LogP contribution in [0.15, 0.2) is 24.3 Å². The van der Waals surface area contributed by atoms with Crippen LogP contribution in [-0.2, 0) is 7.05 Å². The highest BCUT2D eigenvalue weighted by Crippen LogP contribution is 2.13. The van der Waals surface area contributed by atoms with E-state index >= 15 is 0 Å². The van der Waals surface area contributed by atoms with Crippen molar-refractivity contribution in [1.82, 2.24) is 9.78 Å². The SMILES string of the molecule is Cc1ccc(C(=O)Nc2cc(C)n(C)n2)c(F)c1. The Kier molecular flexibility index (Phi) is 3.14. The van der Waals surface area contributed by atoms with Crippen LogP contribution in [0, 0.1) is 19.7 Å². The molecule has 0 aliphatic heterocycles. The van der Waals surface area contributed by atoms with E-state index in [9.17, 15) is 9.18 Å². The summed E-state index contributed by atoms with van der Waals surface area (Å²) in [7, 11) is 1.78. The number of hydrogen-bond donors (Lipinski definition) is 1. The number of hydrogen-bond acceptors (Lipinski definition) is 2. The van der Waals surface area contributed by atoms with Gasteiger partial charge >= 0.3 is 0 Å². The Morgan fingerprint density at radius 1 is 1.33 bits per heavy atom. The summed E-state index contributed by atoms with van der Waals surface area (Å²) in [5.41, 5.74) is 1.70. The van der Waals surface area contributed by atoms with Gasteiger partial charge in [0.1, 0.15) is 5.82 Å². The number of nitrogens with one attached hydrogen (secondary N) is 1. The summed E-state index contributed by atoms with van der Waals surface area (Å²) in [4.78, 5) is 11.9. The lowest BCUT2D eigenvalue weighted by atomic mass is 10.1. The second-order valence-corrected chi connectivity index (χ2v) is 4.23. The van der Waals surface area contributed by atoms with Gasteiger partial charge in [0, 0.05) is 18.8 Å². The highest BCUT2D eigenvalue weighted by Gasteiger charge is 2.13. The minimum Gasteiger partial charge on any atom is -0.305 e. The number of amides is 1. The van der Waals surface area contributed by atoms with Gasteiger partial charge in [0.25, 0.3) is 5.91 Å². The van der Waals surface area contributed by atoms with Crippen molar-refractivity contribution in [3.8, 4) is 0 Å². The molecule has 0 unspecified atom stereocenters. The van der Waals surface area contributed by atoms with Crippen molar-refractivity contribution in [1.29, 1.82) is 0 Å². The first-order valence-corrected chi connectivity index (χ1v) is 5.55. The van der Waals surface area contributed by atoms with Gasteiger partial charge in [-0.05, 0) is 31.5 Å². The summed E-state index contributed by atoms with van der Waals surface area (Å²) in [5, 5.41) is 6.65. The molecular weight excluding hydrogens is 233 g/mol. The van der Waals surface area contributed by atoms with E-state index in [4.69, 9.17) is 0 Å². The molecule has 1 amide bonds. The lowest BCUT2D eigenvalue weighted by Crippen LogP contribution is -2.14. The van der Waals surface area contributed by atoms with E-state index < -0.39 is 11.7 Å². The molecular formula is C13H14FN3O. The lowest BCUT2D eigenvalue weighted by Gasteiger charge is -2.04. The molecule has 2 rings (SSSR count). The molecule has 5 heteroatoms. The molecule has 4 nitrogen and oxygen atoms in total. The third-order valence-electron chi connectivity index (χ3n) is 2.72. The number of carbonyl (C=O) groups excluding carboxylic acids is 1. The average Bonchev–Trinajstić information content (AvgIpc) is 2.57. The van der Waals surface area contributed by atoms with Crippen LogP contribution in [0.25, 0.3) is 0 Å². The molecule has 0 aliphatic rings. The third kappa shape index (κ3) is 2.40. The number of aromatic nitrogens is 2. The van der Waals surface area contributed by atoms with E-state index in [1.165, 1.54) is 12.1 Å². The number of halogens is 1. The Morgan fingerprint density at radius 3 is 2.61 bits per heavy atom. The average molecular weight is 247 g/mol. The van der Waals surface area contributed by atoms with Gasteiger partial charge in [-0.25, -0.2) is 4.39 Å². The van der Waals surface area contributed by atoms with Gasteiger partial charge < -0.3 is 5.32 Å². The molecule has 0 spiro atoms. The third-order valence-corrected chi connectivity index (χ3v) is 2.72. The van der Waals surface area contributed by atoms with E-state index in [1.54, 1.807) is 30.8 Å². The van der Waals surface area contributed by atoms with Gasteiger partial charge in [-0.15, -0.1) is 0 Å². The molecule has 0 aliphatic carbocycles. The van der Waals surface area contributed by atoms with Crippen LogP contribution in [-0.4, -0.2) is 15.7 Å². The predicted molar refractivity (Wildman–Crippen MR) is 67.0 cm³/mol. The lowest BCUT2D eigenvalue weighted by molar-refractivity contribution is 0.102. The fraction of sp³-hybridized carbons (Fsp3) is 0.231. The number of aryl methyl sites for hydroxylation is 3. The standard InChI is InChI=1S/C13H14FN3O/c1-8-4-5-10(11(14)6-8)13(18)15-12-7-9(2)17(3)16-12/h4-7H,1-3H3,(H,15,16,18). The van der Waals surface area contributed by atoms with Crippen molar-refractivity contribution < 1.29 is 9.18 Å². The Bertz CT molecular complexity index is 585. The summed E-state index contributed by atoms with van der Waals surface area (Å²) in [6.45, 7) is 3.64. The summed E-state index contributed by atoms with van der Waals surface area (Å²) < 4.78 is 15.2. The van der Waals surface area contributed by atoms with Crippen molar-refractivity contribution >= 4 is 11.7 Å². The second-order valence-electron chi connectivity index (χ2n) is 4.23. The molecule has 0 atom stereocenters. The highest BCUT2D eigenvalue weighted by molar-refractivity contribution is 6.04. The fourth-order valence-corrected chi connectivity index (χ4v) is 1.61. The Labute approximate surface area is 104 Å². The molecule has 0 radical (unpaired) electrons. The van der Waals surface area contributed by atoms with Crippen LogP contribution in [0.1, 0.15) is 21.6 Å². The van der Waals surface area contributed by atoms with Gasteiger partial charge in [-0.2, -0.15) is 5.10 Å². The Balaban J connectivity index is 2.22. The van der Waals surface area contributed by atoms with Crippen LogP contribution in [0.2, 0.25) is 0 Å². The number of nitrogens with zero attached hydrogens (tertiary/aromatic N) is 2. The van der Waals surface area contributed by atoms with Crippen molar-refractivity contribution in [3.05, 3.63) is 46.9 Å². The number of rotatable bonds is 2. The molecule has 0 fully saturated rings. The van der Waals surface area contributed by atoms with Crippen LogP contribution >= 0.6 is 0 Å². The smallest absolute Gasteiger partial charge is 0.259 e. The maximum atomic E-state index is 13.6. The van der Waals surface area contributed by atoms with Crippen molar-refractivity contribution in [2.24, 2.45) is 7.05 Å². The molecule has 1 N–H and O–H groups in total. The summed E-state index contributed by atoms with van der Waals surface area (Å²) in [5.74, 6) is -0.606. The topological polar surface area (TPSA) is 46.9 Å². The van der Waals surface area contributed by atoms with E-state index in [-0.39, 0.29) is 5.56 Å². The molecule has 94 valence electrons. The number of benzene rings is 1. The monoisotopic (exact) mass is 247 g/mol. The zero-order valence-electron chi connectivity index (χ0n) is 10.5. The van der Waals surface area contributed by atoms with E-state index in [2.05, 4.69) is 10.4 Å². The quantitative estimate of drug-likeness (QED) is 0.886. The first-order valence-electron chi connectivity index (χ1n) is 5.55. The zero-order valence-corrected chi connectivity index (χ0v) is 10.5. The predicted octanol–water partition coefficient (Wildman–Crippen LogP) is 2.43. The van der Waals surface area contributed by atoms with E-state index in [1.807, 2.05) is 6.92 Å². The first-order chi connectivity index (χ1) is 8.47. The van der Waals surface area contributed by atoms with Crippen molar-refractivity contribution in [2.45, 2.75) is 13.8 Å². The van der Waals surface area contributed by atoms with Gasteiger partial charge in [-0.3, -0.25) is 9.48 Å². The molecule has 0 bridgehead atoms. The minimum atomic E-state index is -0.528. The first kappa shape index (κ1) is 12.3. The Hall–Kier alpha value is -2.17. The Morgan fingerprint density at radius 2 is 2.06 bits per heavy atom. The fourth-order valence-electron chi connectivity index (χ4n) is 1.61. The minimum absolute atomic E-state index is 0.0175. The number of carbonyl (C=O) groups is 1. The van der Waals surface area contributed by atoms with E-state index in [0.29, 0.717) is 5.82 Å². The zero-order chi connectivity index (χ0) is 13.3. The van der Waals surface area contributed by atoms with Crippen LogP contribution in [0.4, 0.5) is 10.2 Å². The summed E-state index contributed by atoms with van der Waals surface area (Å²) in [6.07, 6.45) is 0. The molecule has 1 heterocycles. The molecule has 2 aromatic rings. The van der Waals surface area contributed by atoms with Crippen LogP contribution in [0.3, 0.4) is 0 Å². The second kappa shape index (κ2) is 4.60. The molecule has 0 saturated carbocycles. The largest absolute Gasteiger partial charge is 0.305 e. The number of anilines is 1. The van der Waals surface area contributed by atoms with Gasteiger partial charge in [0.05, 0.1) is 5.56 Å². The summed E-state index contributed by atoms with van der Waals surface area (Å²) in [6, 6.07) is 6.22. The van der Waals surface area contributed by atoms with E-state index in [0.717, 1.165) is 11.3 Å². The molecule has 1 aromatic heterocycles. The summed E-state index contributed by atoms with van der Waals surface area (Å²) >= 11 is 0. The van der Waals surface area contributed by atoms with Gasteiger partial charge in [0.2, 0.25) is 0 Å². The van der Waals surface area contributed by atoms with Gasteiger partial charge in [0.15, 0.2) is 5.82 Å². The molecule has 1 aromatic carbocycles.